The minimum atomic E-state index is -0.0920. The van der Waals surface area contributed by atoms with E-state index in [9.17, 15) is 9.59 Å². The number of rotatable bonds is 10. The maximum Gasteiger partial charge on any atom is 0.279 e. The highest BCUT2D eigenvalue weighted by Gasteiger charge is 2.15. The highest BCUT2D eigenvalue weighted by atomic mass is 16.2. The zero-order valence-corrected chi connectivity index (χ0v) is 18.8. The van der Waals surface area contributed by atoms with Crippen LogP contribution in [0.25, 0.3) is 0 Å². The maximum atomic E-state index is 12.3. The summed E-state index contributed by atoms with van der Waals surface area (Å²) in [5.74, 6) is -0.141. The van der Waals surface area contributed by atoms with Gasteiger partial charge in [-0.05, 0) is 62.6 Å². The first-order valence-electron chi connectivity index (χ1n) is 10.6. The topological polar surface area (TPSA) is 65.9 Å². The van der Waals surface area contributed by atoms with Crippen molar-refractivity contribution >= 4 is 23.2 Å². The number of hydrogen-bond donors (Lipinski definition) is 3. The third-order valence-electron chi connectivity index (χ3n) is 5.26. The molecule has 2 aromatic carbocycles. The van der Waals surface area contributed by atoms with Gasteiger partial charge in [-0.3, -0.25) is 9.59 Å². The van der Waals surface area contributed by atoms with Crippen LogP contribution in [0.4, 0.5) is 11.4 Å². The van der Waals surface area contributed by atoms with Gasteiger partial charge in [0.05, 0.1) is 7.05 Å². The van der Waals surface area contributed by atoms with Crippen LogP contribution in [0, 0.1) is 20.8 Å². The molecular weight excluding hydrogens is 376 g/mol. The van der Waals surface area contributed by atoms with E-state index in [1.807, 2.05) is 45.2 Å². The van der Waals surface area contributed by atoms with Crippen molar-refractivity contribution in [3.8, 4) is 0 Å². The first-order valence-corrected chi connectivity index (χ1v) is 10.6. The van der Waals surface area contributed by atoms with Crippen molar-refractivity contribution in [1.29, 1.82) is 0 Å². The minimum Gasteiger partial charge on any atom is -0.370 e. The molecule has 6 nitrogen and oxygen atoms in total. The van der Waals surface area contributed by atoms with Gasteiger partial charge in [0.2, 0.25) is 0 Å². The molecule has 0 aliphatic rings. The van der Waals surface area contributed by atoms with E-state index >= 15 is 0 Å². The Balaban J connectivity index is 1.74. The van der Waals surface area contributed by atoms with Crippen LogP contribution in [0.3, 0.4) is 0 Å². The highest BCUT2D eigenvalue weighted by Crippen LogP contribution is 2.17. The van der Waals surface area contributed by atoms with E-state index in [1.54, 1.807) is 0 Å². The van der Waals surface area contributed by atoms with E-state index in [-0.39, 0.29) is 24.9 Å². The van der Waals surface area contributed by atoms with Crippen molar-refractivity contribution in [3.63, 3.8) is 0 Å². The molecule has 0 radical (unpaired) electrons. The van der Waals surface area contributed by atoms with Crippen molar-refractivity contribution in [2.75, 3.05) is 50.0 Å². The summed E-state index contributed by atoms with van der Waals surface area (Å²) < 4.78 is 0. The number of anilines is 2. The number of hydrogen-bond acceptors (Lipinski definition) is 3. The number of carbonyl (C=O) groups is 2. The zero-order valence-electron chi connectivity index (χ0n) is 18.8. The number of likely N-dealkylation sites (N-methyl/N-ethyl adjacent to an activating group) is 2. The predicted octanol–water partition coefficient (Wildman–Crippen LogP) is 1.71. The molecule has 1 atom stereocenters. The summed E-state index contributed by atoms with van der Waals surface area (Å²) >= 11 is 0. The monoisotopic (exact) mass is 411 g/mol. The van der Waals surface area contributed by atoms with Gasteiger partial charge in [-0.2, -0.15) is 0 Å². The molecule has 0 fully saturated rings. The van der Waals surface area contributed by atoms with Crippen LogP contribution in [0.2, 0.25) is 0 Å². The molecule has 6 heteroatoms. The van der Waals surface area contributed by atoms with E-state index < -0.39 is 0 Å². The highest BCUT2D eigenvalue weighted by molar-refractivity contribution is 5.92. The standard InChI is InChI=1S/C24H34N4O2/c1-6-28(21-11-7-9-18(2)15-21)14-13-25-23(29)16-27(5)17-24(30)26-22-12-8-10-19(3)20(22)4/h7-12,15H,6,13-14,16-17H2,1-5H3,(H,25,29)(H,26,30)/p+1. The molecule has 0 spiro atoms. The Bertz CT molecular complexity index is 866. The smallest absolute Gasteiger partial charge is 0.279 e. The van der Waals surface area contributed by atoms with Crippen molar-refractivity contribution in [3.05, 3.63) is 59.2 Å². The van der Waals surface area contributed by atoms with E-state index in [1.165, 1.54) is 5.56 Å². The first kappa shape index (κ1) is 23.4. The van der Waals surface area contributed by atoms with Gasteiger partial charge in [0.15, 0.2) is 13.1 Å². The van der Waals surface area contributed by atoms with Gasteiger partial charge in [0.25, 0.3) is 11.8 Å². The summed E-state index contributed by atoms with van der Waals surface area (Å²) in [5.41, 5.74) is 5.42. The van der Waals surface area contributed by atoms with Gasteiger partial charge in [0, 0.05) is 31.0 Å². The summed E-state index contributed by atoms with van der Waals surface area (Å²) in [5, 5.41) is 5.91. The Labute approximate surface area is 180 Å². The Kier molecular flexibility index (Phi) is 8.87. The average Bonchev–Trinajstić information content (AvgIpc) is 2.68. The largest absolute Gasteiger partial charge is 0.370 e. The van der Waals surface area contributed by atoms with Gasteiger partial charge >= 0.3 is 0 Å². The maximum absolute atomic E-state index is 12.3. The van der Waals surface area contributed by atoms with Gasteiger partial charge in [-0.15, -0.1) is 0 Å². The normalized spacial score (nSPS) is 11.6. The van der Waals surface area contributed by atoms with Gasteiger partial charge in [-0.1, -0.05) is 24.3 Å². The fourth-order valence-electron chi connectivity index (χ4n) is 3.38. The molecule has 2 rings (SSSR count). The fraction of sp³-hybridized carbons (Fsp3) is 0.417. The lowest BCUT2D eigenvalue weighted by Crippen LogP contribution is -3.11. The molecule has 0 aliphatic carbocycles. The molecule has 2 aromatic rings. The Morgan fingerprint density at radius 2 is 1.70 bits per heavy atom. The Morgan fingerprint density at radius 1 is 1.00 bits per heavy atom. The lowest BCUT2D eigenvalue weighted by molar-refractivity contribution is -0.862. The van der Waals surface area contributed by atoms with Gasteiger partial charge < -0.3 is 20.4 Å². The van der Waals surface area contributed by atoms with Crippen LogP contribution in [0.5, 0.6) is 0 Å². The summed E-state index contributed by atoms with van der Waals surface area (Å²) in [6.45, 7) is 10.9. The Hall–Kier alpha value is -2.86. The summed E-state index contributed by atoms with van der Waals surface area (Å²) in [4.78, 5) is 27.7. The number of nitrogens with zero attached hydrogens (tertiary/aromatic N) is 1. The van der Waals surface area contributed by atoms with Crippen LogP contribution < -0.4 is 20.4 Å². The Morgan fingerprint density at radius 3 is 2.40 bits per heavy atom. The second-order valence-corrected chi connectivity index (χ2v) is 7.87. The lowest BCUT2D eigenvalue weighted by atomic mass is 10.1. The molecule has 1 unspecified atom stereocenters. The number of benzene rings is 2. The number of aryl methyl sites for hydroxylation is 2. The molecule has 3 N–H and O–H groups in total. The van der Waals surface area contributed by atoms with Crippen molar-refractivity contribution in [2.45, 2.75) is 27.7 Å². The fourth-order valence-corrected chi connectivity index (χ4v) is 3.38. The molecule has 30 heavy (non-hydrogen) atoms. The molecule has 162 valence electrons. The second-order valence-electron chi connectivity index (χ2n) is 7.87. The minimum absolute atomic E-state index is 0.0488. The van der Waals surface area contributed by atoms with Gasteiger partial charge in [0.1, 0.15) is 0 Å². The molecule has 0 bridgehead atoms. The number of nitrogens with one attached hydrogen (secondary N) is 3. The summed E-state index contributed by atoms with van der Waals surface area (Å²) in [6, 6.07) is 14.2. The van der Waals surface area contributed by atoms with Crippen molar-refractivity contribution < 1.29 is 14.5 Å². The van der Waals surface area contributed by atoms with E-state index in [0.717, 1.165) is 40.5 Å². The van der Waals surface area contributed by atoms with Crippen LogP contribution in [-0.4, -0.2) is 51.6 Å². The second kappa shape index (κ2) is 11.4. The van der Waals surface area contributed by atoms with Crippen LogP contribution in [-0.2, 0) is 9.59 Å². The number of amides is 2. The zero-order chi connectivity index (χ0) is 22.1. The molecule has 0 aromatic heterocycles. The SMILES string of the molecule is CCN(CCNC(=O)C[NH+](C)CC(=O)Nc1cccc(C)c1C)c1cccc(C)c1. The molecular formula is C24H35N4O2+. The van der Waals surface area contributed by atoms with Crippen LogP contribution in [0.15, 0.2) is 42.5 Å². The van der Waals surface area contributed by atoms with Crippen LogP contribution >= 0.6 is 0 Å². The van der Waals surface area contributed by atoms with Gasteiger partial charge in [-0.25, -0.2) is 0 Å². The number of quaternary nitrogens is 1. The third kappa shape index (κ3) is 7.19. The molecule has 0 heterocycles. The molecule has 2 amide bonds. The summed E-state index contributed by atoms with van der Waals surface area (Å²) in [6.07, 6.45) is 0. The van der Waals surface area contributed by atoms with E-state index in [2.05, 4.69) is 47.6 Å². The molecule has 0 saturated heterocycles. The summed E-state index contributed by atoms with van der Waals surface area (Å²) in [7, 11) is 1.85. The first-order chi connectivity index (χ1) is 14.3. The average molecular weight is 412 g/mol. The van der Waals surface area contributed by atoms with E-state index in [0.29, 0.717) is 6.54 Å². The quantitative estimate of drug-likeness (QED) is 0.558. The van der Waals surface area contributed by atoms with Crippen molar-refractivity contribution in [2.24, 2.45) is 0 Å². The van der Waals surface area contributed by atoms with Crippen molar-refractivity contribution in [1.82, 2.24) is 5.32 Å². The molecule has 0 aliphatic heterocycles. The van der Waals surface area contributed by atoms with Crippen LogP contribution in [0.1, 0.15) is 23.6 Å². The van der Waals surface area contributed by atoms with E-state index in [4.69, 9.17) is 0 Å². The lowest BCUT2D eigenvalue weighted by Gasteiger charge is -2.23. The molecule has 0 saturated carbocycles. The number of carbonyl (C=O) groups excluding carboxylic acids is 2. The third-order valence-corrected chi connectivity index (χ3v) is 5.26. The predicted molar refractivity (Wildman–Crippen MR) is 123 cm³/mol.